The lowest BCUT2D eigenvalue weighted by Gasteiger charge is -2.45. The Morgan fingerprint density at radius 1 is 0.298 bits per heavy atom. The Morgan fingerprint density at radius 2 is 0.660 bits per heavy atom. The highest BCUT2D eigenvalue weighted by Gasteiger charge is 2.45. The standard InChI is InChI=1S/C90H90BN3/c1-85(2,3)65-46-63(47-66(53-65)86(4,5)6)61-35-42-76-80(51-61)92(69-37-30-58(31-38-69)57-24-18-17-19-25-57)82-55-71(94-78-28-22-20-26-72(78)73-27-21-23-29-79(73)94)56-83-84(82)91(76)77-43-36-62(64-48-67(87(7,8)9)54-68(49-64)88(10,11)12)52-81(77)93(83)70-39-32-59(33-40-70)60-34-41-74-75(50-60)90(15,16)45-44-89(74,13)14/h17-43,46-56H,44-45H2,1-16H3. The largest absolute Gasteiger partial charge is 0.311 e. The summed E-state index contributed by atoms with van der Waals surface area (Å²) >= 11 is 0. The van der Waals surface area contributed by atoms with E-state index in [1.807, 2.05) is 0 Å². The number of benzene rings is 11. The van der Waals surface area contributed by atoms with Crippen LogP contribution in [0, 0.1) is 0 Å². The fourth-order valence-corrected chi connectivity index (χ4v) is 15.5. The number of anilines is 6. The zero-order valence-electron chi connectivity index (χ0n) is 58.3. The topological polar surface area (TPSA) is 11.4 Å². The van der Waals surface area contributed by atoms with E-state index in [2.05, 4.69) is 356 Å². The fourth-order valence-electron chi connectivity index (χ4n) is 15.5. The van der Waals surface area contributed by atoms with Crippen molar-refractivity contribution in [3.05, 3.63) is 264 Å². The Bertz CT molecular complexity index is 4870. The Labute approximate surface area is 560 Å². The van der Waals surface area contributed by atoms with Crippen LogP contribution in [0.2, 0.25) is 0 Å². The Balaban J connectivity index is 1.04. The van der Waals surface area contributed by atoms with Gasteiger partial charge in [0.1, 0.15) is 0 Å². The monoisotopic (exact) mass is 1220 g/mol. The van der Waals surface area contributed by atoms with E-state index in [1.54, 1.807) is 0 Å². The van der Waals surface area contributed by atoms with E-state index in [9.17, 15) is 0 Å². The normalized spacial score (nSPS) is 15.0. The summed E-state index contributed by atoms with van der Waals surface area (Å²) in [6, 6.07) is 89.7. The van der Waals surface area contributed by atoms with Crippen LogP contribution in [0.15, 0.2) is 231 Å². The molecule has 1 aromatic heterocycles. The minimum atomic E-state index is -0.124. The quantitative estimate of drug-likeness (QED) is 0.147. The lowest BCUT2D eigenvalue weighted by molar-refractivity contribution is 0.332. The van der Waals surface area contributed by atoms with Crippen molar-refractivity contribution in [1.82, 2.24) is 4.57 Å². The predicted molar refractivity (Wildman–Crippen MR) is 407 cm³/mol. The first-order valence-corrected chi connectivity index (χ1v) is 34.4. The van der Waals surface area contributed by atoms with Crippen LogP contribution in [0.1, 0.15) is 157 Å². The molecule has 0 bridgehead atoms. The smallest absolute Gasteiger partial charge is 0.252 e. The first-order valence-electron chi connectivity index (χ1n) is 34.4. The second kappa shape index (κ2) is 21.7. The van der Waals surface area contributed by atoms with Crippen molar-refractivity contribution in [3.8, 4) is 50.2 Å². The lowest BCUT2D eigenvalue weighted by atomic mass is 9.33. The summed E-state index contributed by atoms with van der Waals surface area (Å²) in [6.07, 6.45) is 2.37. The molecule has 0 atom stereocenters. The van der Waals surface area contributed by atoms with Crippen molar-refractivity contribution < 1.29 is 0 Å². The Hall–Kier alpha value is -9.12. The highest BCUT2D eigenvalue weighted by atomic mass is 15.2. The van der Waals surface area contributed by atoms with Crippen molar-refractivity contribution in [3.63, 3.8) is 0 Å². The molecule has 3 heterocycles. The van der Waals surface area contributed by atoms with Crippen molar-refractivity contribution in [2.75, 3.05) is 9.80 Å². The van der Waals surface area contributed by atoms with Gasteiger partial charge < -0.3 is 14.4 Å². The average Bonchev–Trinajstić information content (AvgIpc) is 0.745. The third kappa shape index (κ3) is 10.4. The van der Waals surface area contributed by atoms with Crippen LogP contribution in [0.25, 0.3) is 72.0 Å². The molecule has 12 aromatic rings. The molecule has 0 saturated heterocycles. The molecule has 1 aliphatic carbocycles. The minimum Gasteiger partial charge on any atom is -0.311 e. The number of hydrogen-bond acceptors (Lipinski definition) is 2. The van der Waals surface area contributed by atoms with E-state index in [0.29, 0.717) is 0 Å². The molecular weight excluding hydrogens is 1130 g/mol. The second-order valence-corrected chi connectivity index (χ2v) is 33.0. The van der Waals surface area contributed by atoms with Crippen molar-refractivity contribution in [2.45, 2.75) is 156 Å². The number of para-hydroxylation sites is 2. The summed E-state index contributed by atoms with van der Waals surface area (Å²) in [7, 11) is 0. The van der Waals surface area contributed by atoms with Gasteiger partial charge in [-0.25, -0.2) is 0 Å². The molecule has 15 rings (SSSR count). The molecule has 0 amide bonds. The van der Waals surface area contributed by atoms with E-state index in [-0.39, 0.29) is 39.2 Å². The SMILES string of the molecule is CC(C)(C)c1cc(-c2ccc3c(c2)N(c2ccc(-c4ccccc4)cc2)c2cc(-n4c5ccccc5c5ccccc54)cc4c2B3c2ccc(-c3cc(C(C)(C)C)cc(C(C)(C)C)c3)cc2N4c2ccc(-c3ccc4c(c3)C(C)(C)CCC4(C)C)cc2)cc(C(C)(C)C)c1. The number of fused-ring (bicyclic) bond motifs is 8. The van der Waals surface area contributed by atoms with Gasteiger partial charge in [-0.2, -0.15) is 0 Å². The predicted octanol–water partition coefficient (Wildman–Crippen LogP) is 23.1. The van der Waals surface area contributed by atoms with E-state index >= 15 is 0 Å². The van der Waals surface area contributed by atoms with Crippen LogP contribution >= 0.6 is 0 Å². The number of rotatable bonds is 7. The molecular formula is C90H90BN3. The summed E-state index contributed by atoms with van der Waals surface area (Å²) in [5, 5.41) is 2.47. The number of hydrogen-bond donors (Lipinski definition) is 0. The van der Waals surface area contributed by atoms with Crippen LogP contribution < -0.4 is 26.2 Å². The zero-order valence-corrected chi connectivity index (χ0v) is 58.3. The molecule has 11 aromatic carbocycles. The maximum atomic E-state index is 2.63. The number of nitrogens with zero attached hydrogens (tertiary/aromatic N) is 3. The second-order valence-electron chi connectivity index (χ2n) is 33.0. The summed E-state index contributed by atoms with van der Waals surface area (Å²) in [6.45, 7) is 37.8. The van der Waals surface area contributed by atoms with Crippen LogP contribution in [0.5, 0.6) is 0 Å². The molecule has 2 aliphatic heterocycles. The lowest BCUT2D eigenvalue weighted by Crippen LogP contribution is -2.61. The molecule has 468 valence electrons. The maximum absolute atomic E-state index is 2.63. The molecule has 0 fully saturated rings. The maximum Gasteiger partial charge on any atom is 0.252 e. The van der Waals surface area contributed by atoms with E-state index in [1.165, 1.54) is 152 Å². The summed E-state index contributed by atoms with van der Waals surface area (Å²) in [5.74, 6) is 0. The Morgan fingerprint density at radius 3 is 1.10 bits per heavy atom. The van der Waals surface area contributed by atoms with Gasteiger partial charge in [0.15, 0.2) is 0 Å². The molecule has 0 radical (unpaired) electrons. The molecule has 94 heavy (non-hydrogen) atoms. The van der Waals surface area contributed by atoms with Gasteiger partial charge in [0.25, 0.3) is 6.71 Å². The third-order valence-electron chi connectivity index (χ3n) is 21.4. The average molecular weight is 1220 g/mol. The van der Waals surface area contributed by atoms with Gasteiger partial charge >= 0.3 is 0 Å². The van der Waals surface area contributed by atoms with Crippen LogP contribution in [0.3, 0.4) is 0 Å². The van der Waals surface area contributed by atoms with Crippen LogP contribution in [-0.4, -0.2) is 11.3 Å². The Kier molecular flexibility index (Phi) is 14.1. The fraction of sp³-hybridized carbons (Fsp3) is 0.267. The third-order valence-corrected chi connectivity index (χ3v) is 21.4. The van der Waals surface area contributed by atoms with E-state index in [4.69, 9.17) is 0 Å². The first-order chi connectivity index (χ1) is 44.6. The number of aromatic nitrogens is 1. The molecule has 0 unspecified atom stereocenters. The molecule has 4 heteroatoms. The first kappa shape index (κ1) is 61.1. The molecule has 3 nitrogen and oxygen atoms in total. The molecule has 0 N–H and O–H groups in total. The van der Waals surface area contributed by atoms with Crippen molar-refractivity contribution in [2.24, 2.45) is 0 Å². The zero-order chi connectivity index (χ0) is 65.8. The van der Waals surface area contributed by atoms with Gasteiger partial charge in [-0.05, 0) is 200 Å². The summed E-state index contributed by atoms with van der Waals surface area (Å²) in [4.78, 5) is 5.25. The minimum absolute atomic E-state index is 0.0514. The van der Waals surface area contributed by atoms with Gasteiger partial charge in [-0.15, -0.1) is 0 Å². The van der Waals surface area contributed by atoms with E-state index in [0.717, 1.165) is 17.1 Å². The van der Waals surface area contributed by atoms with Gasteiger partial charge in [0.05, 0.1) is 16.7 Å². The van der Waals surface area contributed by atoms with Crippen molar-refractivity contribution in [1.29, 1.82) is 0 Å². The molecule has 0 saturated carbocycles. The van der Waals surface area contributed by atoms with E-state index < -0.39 is 0 Å². The summed E-state index contributed by atoms with van der Waals surface area (Å²) < 4.78 is 2.53. The molecule has 3 aliphatic rings. The van der Waals surface area contributed by atoms with Gasteiger partial charge in [-0.3, -0.25) is 0 Å². The van der Waals surface area contributed by atoms with Crippen molar-refractivity contribution >= 4 is 79.0 Å². The van der Waals surface area contributed by atoms with Gasteiger partial charge in [0.2, 0.25) is 0 Å². The van der Waals surface area contributed by atoms with Crippen LogP contribution in [0.4, 0.5) is 34.1 Å². The highest BCUT2D eigenvalue weighted by molar-refractivity contribution is 7.00. The summed E-state index contributed by atoms with van der Waals surface area (Å²) in [5.41, 5.74) is 32.4. The van der Waals surface area contributed by atoms with Gasteiger partial charge in [-0.1, -0.05) is 281 Å². The van der Waals surface area contributed by atoms with Crippen LogP contribution in [-0.2, 0) is 32.5 Å². The highest BCUT2D eigenvalue weighted by Crippen LogP contribution is 2.51. The van der Waals surface area contributed by atoms with Gasteiger partial charge in [0, 0.05) is 44.9 Å². The molecule has 0 spiro atoms.